The highest BCUT2D eigenvalue weighted by Gasteiger charge is 2.26. The first-order chi connectivity index (χ1) is 8.60. The van der Waals surface area contributed by atoms with Crippen molar-refractivity contribution in [1.29, 1.82) is 0 Å². The molecule has 0 saturated heterocycles. The van der Waals surface area contributed by atoms with E-state index < -0.39 is 5.97 Å². The van der Waals surface area contributed by atoms with Crippen LogP contribution < -0.4 is 5.32 Å². The van der Waals surface area contributed by atoms with Crippen molar-refractivity contribution >= 4 is 23.2 Å². The zero-order valence-corrected chi connectivity index (χ0v) is 11.0. The normalized spacial score (nSPS) is 16.3. The predicted octanol–water partition coefficient (Wildman–Crippen LogP) is 2.15. The third-order valence-electron chi connectivity index (χ3n) is 3.06. The molecule has 1 saturated carbocycles. The minimum absolute atomic E-state index is 0.0691. The first kappa shape index (κ1) is 13.0. The van der Waals surface area contributed by atoms with Gasteiger partial charge in [0.25, 0.3) is 5.91 Å². The molecule has 1 fully saturated rings. The lowest BCUT2D eigenvalue weighted by Crippen LogP contribution is -2.34. The van der Waals surface area contributed by atoms with Crippen LogP contribution >= 0.6 is 11.3 Å². The van der Waals surface area contributed by atoms with Gasteiger partial charge in [-0.05, 0) is 18.8 Å². The molecule has 0 spiro atoms. The van der Waals surface area contributed by atoms with Gasteiger partial charge in [0.1, 0.15) is 0 Å². The molecule has 0 bridgehead atoms. The molecule has 1 aliphatic carbocycles. The summed E-state index contributed by atoms with van der Waals surface area (Å²) in [4.78, 5) is 26.4. The van der Waals surface area contributed by atoms with Crippen LogP contribution in [0.2, 0.25) is 0 Å². The number of hydrogen-bond acceptors (Lipinski definition) is 4. The van der Waals surface area contributed by atoms with Gasteiger partial charge in [-0.2, -0.15) is 0 Å². The lowest BCUT2D eigenvalue weighted by molar-refractivity contribution is 0.0691. The molecule has 1 aromatic heterocycles. The number of thiazole rings is 1. The zero-order valence-electron chi connectivity index (χ0n) is 10.2. The highest BCUT2D eigenvalue weighted by Crippen LogP contribution is 2.34. The van der Waals surface area contributed by atoms with Crippen LogP contribution in [-0.4, -0.2) is 28.0 Å². The molecule has 1 atom stereocenters. The summed E-state index contributed by atoms with van der Waals surface area (Å²) >= 11 is 1.07. The molecule has 0 aliphatic heterocycles. The second-order valence-corrected chi connectivity index (χ2v) is 5.46. The molecule has 5 nitrogen and oxygen atoms in total. The van der Waals surface area contributed by atoms with Crippen molar-refractivity contribution in [3.8, 4) is 0 Å². The fourth-order valence-corrected chi connectivity index (χ4v) is 2.50. The summed E-state index contributed by atoms with van der Waals surface area (Å²) in [5.41, 5.74) is -0.0691. The van der Waals surface area contributed by atoms with Crippen LogP contribution in [0.4, 0.5) is 0 Å². The lowest BCUT2D eigenvalue weighted by atomic mass is 10.1. The van der Waals surface area contributed by atoms with Crippen molar-refractivity contribution < 1.29 is 14.7 Å². The van der Waals surface area contributed by atoms with Crippen molar-refractivity contribution in [2.45, 2.75) is 38.6 Å². The van der Waals surface area contributed by atoms with Crippen LogP contribution in [0.3, 0.4) is 0 Å². The molecular weight excluding hydrogens is 252 g/mol. The van der Waals surface area contributed by atoms with Gasteiger partial charge < -0.3 is 10.4 Å². The van der Waals surface area contributed by atoms with E-state index in [2.05, 4.69) is 10.3 Å². The summed E-state index contributed by atoms with van der Waals surface area (Å²) < 4.78 is 0. The fourth-order valence-electron chi connectivity index (χ4n) is 1.81. The third kappa shape index (κ3) is 3.29. The number of aromatic carboxylic acids is 1. The fraction of sp³-hybridized carbons (Fsp3) is 0.583. The molecule has 1 heterocycles. The van der Waals surface area contributed by atoms with E-state index in [1.807, 2.05) is 6.92 Å². The van der Waals surface area contributed by atoms with Crippen molar-refractivity contribution in [3.63, 3.8) is 0 Å². The Morgan fingerprint density at radius 2 is 2.33 bits per heavy atom. The van der Waals surface area contributed by atoms with Crippen LogP contribution in [0.15, 0.2) is 5.38 Å². The molecule has 1 unspecified atom stereocenters. The Morgan fingerprint density at radius 3 is 2.83 bits per heavy atom. The molecule has 2 N–H and O–H groups in total. The predicted molar refractivity (Wildman–Crippen MR) is 68.0 cm³/mol. The van der Waals surface area contributed by atoms with E-state index in [1.165, 1.54) is 18.2 Å². The molecule has 1 aromatic rings. The topological polar surface area (TPSA) is 79.3 Å². The maximum Gasteiger partial charge on any atom is 0.355 e. The van der Waals surface area contributed by atoms with E-state index in [1.54, 1.807) is 0 Å². The Kier molecular flexibility index (Phi) is 3.96. The summed E-state index contributed by atoms with van der Waals surface area (Å²) in [7, 11) is 0. The summed E-state index contributed by atoms with van der Waals surface area (Å²) in [6, 6.07) is 0.169. The second kappa shape index (κ2) is 5.48. The first-order valence-electron chi connectivity index (χ1n) is 6.09. The number of hydrogen-bond donors (Lipinski definition) is 2. The highest BCUT2D eigenvalue weighted by molar-refractivity contribution is 7.11. The van der Waals surface area contributed by atoms with Gasteiger partial charge in [0.05, 0.1) is 0 Å². The van der Waals surface area contributed by atoms with Gasteiger partial charge in [-0.3, -0.25) is 4.79 Å². The second-order valence-electron chi connectivity index (χ2n) is 4.60. The van der Waals surface area contributed by atoms with Gasteiger partial charge in [-0.25, -0.2) is 9.78 Å². The van der Waals surface area contributed by atoms with Gasteiger partial charge >= 0.3 is 5.97 Å². The largest absolute Gasteiger partial charge is 0.476 e. The van der Waals surface area contributed by atoms with Crippen LogP contribution in [0.1, 0.15) is 52.9 Å². The summed E-state index contributed by atoms with van der Waals surface area (Å²) in [5, 5.41) is 13.3. The maximum atomic E-state index is 11.9. The molecule has 1 amide bonds. The van der Waals surface area contributed by atoms with E-state index in [0.717, 1.165) is 30.1 Å². The monoisotopic (exact) mass is 268 g/mol. The molecule has 1 aliphatic rings. The van der Waals surface area contributed by atoms with Crippen molar-refractivity contribution in [1.82, 2.24) is 10.3 Å². The first-order valence-corrected chi connectivity index (χ1v) is 6.97. The number of aromatic nitrogens is 1. The Hall–Kier alpha value is -1.43. The van der Waals surface area contributed by atoms with Crippen LogP contribution in [0.25, 0.3) is 0 Å². The number of carbonyl (C=O) groups excluding carboxylic acids is 1. The molecular formula is C12H16N2O3S. The minimum atomic E-state index is -1.10. The smallest absolute Gasteiger partial charge is 0.355 e. The van der Waals surface area contributed by atoms with Crippen molar-refractivity contribution in [2.75, 3.05) is 0 Å². The van der Waals surface area contributed by atoms with E-state index in [0.29, 0.717) is 0 Å². The number of amides is 1. The van der Waals surface area contributed by atoms with Crippen molar-refractivity contribution in [3.05, 3.63) is 16.1 Å². The summed E-state index contributed by atoms with van der Waals surface area (Å²) in [6.45, 7) is 2.04. The average Bonchev–Trinajstić information content (AvgIpc) is 3.00. The lowest BCUT2D eigenvalue weighted by Gasteiger charge is -2.15. The molecule has 6 heteroatoms. The van der Waals surface area contributed by atoms with Crippen LogP contribution in [0.5, 0.6) is 0 Å². The molecule has 98 valence electrons. The number of nitrogens with one attached hydrogen (secondary N) is 1. The van der Waals surface area contributed by atoms with Gasteiger partial charge in [0.2, 0.25) is 0 Å². The highest BCUT2D eigenvalue weighted by atomic mass is 32.1. The van der Waals surface area contributed by atoms with Gasteiger partial charge in [0.15, 0.2) is 10.7 Å². The minimum Gasteiger partial charge on any atom is -0.476 e. The SMILES string of the molecule is CCC(CC1CC1)NC(=O)c1nc(C(=O)O)cs1. The Balaban J connectivity index is 1.94. The molecule has 18 heavy (non-hydrogen) atoms. The zero-order chi connectivity index (χ0) is 13.1. The number of carbonyl (C=O) groups is 2. The maximum absolute atomic E-state index is 11.9. The Morgan fingerprint density at radius 1 is 1.61 bits per heavy atom. The summed E-state index contributed by atoms with van der Waals surface area (Å²) in [6.07, 6.45) is 4.42. The number of carboxylic acid groups (broad SMARTS) is 1. The van der Waals surface area contributed by atoms with Crippen LogP contribution in [-0.2, 0) is 0 Å². The molecule has 0 aromatic carbocycles. The average molecular weight is 268 g/mol. The Bertz CT molecular complexity index is 454. The van der Waals surface area contributed by atoms with E-state index in [-0.39, 0.29) is 22.7 Å². The number of nitrogens with zero attached hydrogens (tertiary/aromatic N) is 1. The number of rotatable bonds is 6. The van der Waals surface area contributed by atoms with E-state index in [9.17, 15) is 9.59 Å². The quantitative estimate of drug-likeness (QED) is 0.828. The molecule has 2 rings (SSSR count). The number of carboxylic acids is 1. The van der Waals surface area contributed by atoms with Gasteiger partial charge in [0, 0.05) is 11.4 Å². The van der Waals surface area contributed by atoms with E-state index >= 15 is 0 Å². The Labute approximate surface area is 109 Å². The van der Waals surface area contributed by atoms with Gasteiger partial charge in [-0.1, -0.05) is 19.8 Å². The van der Waals surface area contributed by atoms with Gasteiger partial charge in [-0.15, -0.1) is 11.3 Å². The third-order valence-corrected chi connectivity index (χ3v) is 3.90. The van der Waals surface area contributed by atoms with Crippen LogP contribution in [0, 0.1) is 5.92 Å². The molecule has 0 radical (unpaired) electrons. The summed E-state index contributed by atoms with van der Waals surface area (Å²) in [5.74, 6) is -0.614. The standard InChI is InChI=1S/C12H16N2O3S/c1-2-8(5-7-3-4-7)13-10(15)11-14-9(6-18-11)12(16)17/h6-8H,2-5H2,1H3,(H,13,15)(H,16,17). The van der Waals surface area contributed by atoms with E-state index in [4.69, 9.17) is 5.11 Å². The van der Waals surface area contributed by atoms with Crippen molar-refractivity contribution in [2.24, 2.45) is 5.92 Å².